The molecular weight excluding hydrogens is 322 g/mol. The molecule has 2 aromatic heterocycles. The van der Waals surface area contributed by atoms with Crippen LogP contribution in [-0.2, 0) is 0 Å². The zero-order valence-electron chi connectivity index (χ0n) is 13.6. The second-order valence-corrected chi connectivity index (χ2v) is 5.07. The number of ether oxygens (including phenoxy) is 2. The van der Waals surface area contributed by atoms with E-state index in [0.717, 1.165) is 0 Å². The van der Waals surface area contributed by atoms with Crippen LogP contribution in [0.5, 0.6) is 11.6 Å². The predicted octanol–water partition coefficient (Wildman–Crippen LogP) is 2.55. The second-order valence-electron chi connectivity index (χ2n) is 5.07. The van der Waals surface area contributed by atoms with Crippen molar-refractivity contribution in [2.75, 3.05) is 20.3 Å². The van der Waals surface area contributed by atoms with Crippen molar-refractivity contribution < 1.29 is 18.7 Å². The summed E-state index contributed by atoms with van der Waals surface area (Å²) in [5, 5.41) is 10.8. The van der Waals surface area contributed by atoms with E-state index in [2.05, 4.69) is 15.5 Å². The monoisotopic (exact) mass is 339 g/mol. The number of hydrogen-bond acceptors (Lipinski definition) is 6. The first-order valence-electron chi connectivity index (χ1n) is 7.69. The lowest BCUT2D eigenvalue weighted by molar-refractivity contribution is 0.0946. The van der Waals surface area contributed by atoms with Gasteiger partial charge in [-0.15, -0.1) is 10.2 Å². The van der Waals surface area contributed by atoms with Crippen LogP contribution >= 0.6 is 0 Å². The number of carbonyl (C=O) groups excluding carboxylic acids is 1. The Balaban J connectivity index is 1.45. The van der Waals surface area contributed by atoms with Gasteiger partial charge in [-0.2, -0.15) is 0 Å². The third-order valence-corrected chi connectivity index (χ3v) is 3.38. The second kappa shape index (κ2) is 7.96. The Hall–Kier alpha value is -3.35. The average Bonchev–Trinajstić information content (AvgIpc) is 3.20. The van der Waals surface area contributed by atoms with Crippen molar-refractivity contribution in [3.8, 4) is 23.1 Å². The molecule has 0 aliphatic rings. The van der Waals surface area contributed by atoms with Gasteiger partial charge >= 0.3 is 0 Å². The summed E-state index contributed by atoms with van der Waals surface area (Å²) in [6.07, 6.45) is 1.58. The van der Waals surface area contributed by atoms with Crippen LogP contribution in [0.3, 0.4) is 0 Å². The van der Waals surface area contributed by atoms with E-state index in [9.17, 15) is 4.79 Å². The number of nitrogens with zero attached hydrogens (tertiary/aromatic N) is 2. The normalized spacial score (nSPS) is 10.3. The van der Waals surface area contributed by atoms with Crippen LogP contribution in [0.25, 0.3) is 11.5 Å². The first-order chi connectivity index (χ1) is 12.3. The molecule has 0 spiro atoms. The minimum absolute atomic E-state index is 0.193. The summed E-state index contributed by atoms with van der Waals surface area (Å²) in [4.78, 5) is 12.0. The molecule has 3 aromatic rings. The van der Waals surface area contributed by atoms with Crippen LogP contribution in [0.2, 0.25) is 0 Å². The number of benzene rings is 1. The van der Waals surface area contributed by atoms with Crippen molar-refractivity contribution in [3.63, 3.8) is 0 Å². The topological polar surface area (TPSA) is 86.5 Å². The fourth-order valence-corrected chi connectivity index (χ4v) is 2.14. The summed E-state index contributed by atoms with van der Waals surface area (Å²) < 4.78 is 15.8. The molecule has 7 heteroatoms. The van der Waals surface area contributed by atoms with E-state index in [1.54, 1.807) is 61.9 Å². The highest BCUT2D eigenvalue weighted by Crippen LogP contribution is 2.17. The van der Waals surface area contributed by atoms with Gasteiger partial charge in [0, 0.05) is 11.6 Å². The molecule has 0 unspecified atom stereocenters. The maximum Gasteiger partial charge on any atom is 0.251 e. The fourth-order valence-electron chi connectivity index (χ4n) is 2.14. The van der Waals surface area contributed by atoms with Gasteiger partial charge in [-0.3, -0.25) is 4.79 Å². The molecule has 0 saturated carbocycles. The zero-order chi connectivity index (χ0) is 17.5. The lowest BCUT2D eigenvalue weighted by Gasteiger charge is -2.08. The number of nitrogens with one attached hydrogen (secondary N) is 1. The van der Waals surface area contributed by atoms with E-state index in [-0.39, 0.29) is 12.5 Å². The molecule has 128 valence electrons. The number of furan rings is 1. The largest absolute Gasteiger partial charge is 0.497 e. The Bertz CT molecular complexity index is 817. The lowest BCUT2D eigenvalue weighted by atomic mass is 10.2. The van der Waals surface area contributed by atoms with E-state index < -0.39 is 0 Å². The maximum atomic E-state index is 12.0. The highest BCUT2D eigenvalue weighted by atomic mass is 16.5. The molecule has 3 rings (SSSR count). The van der Waals surface area contributed by atoms with Crippen molar-refractivity contribution in [1.82, 2.24) is 15.5 Å². The number of hydrogen-bond donors (Lipinski definition) is 1. The van der Waals surface area contributed by atoms with Gasteiger partial charge in [0.1, 0.15) is 18.1 Å². The summed E-state index contributed by atoms with van der Waals surface area (Å²) in [6, 6.07) is 14.0. The first kappa shape index (κ1) is 16.5. The van der Waals surface area contributed by atoms with Gasteiger partial charge in [0.05, 0.1) is 19.9 Å². The van der Waals surface area contributed by atoms with Crippen LogP contribution in [-0.4, -0.2) is 36.4 Å². The van der Waals surface area contributed by atoms with Crippen LogP contribution in [0.1, 0.15) is 10.4 Å². The Labute approximate surface area is 144 Å². The van der Waals surface area contributed by atoms with Crippen LogP contribution < -0.4 is 14.8 Å². The fraction of sp³-hybridized carbons (Fsp3) is 0.167. The number of amides is 1. The van der Waals surface area contributed by atoms with Crippen molar-refractivity contribution in [2.45, 2.75) is 0 Å². The highest BCUT2D eigenvalue weighted by molar-refractivity contribution is 5.94. The minimum Gasteiger partial charge on any atom is -0.497 e. The highest BCUT2D eigenvalue weighted by Gasteiger charge is 2.07. The molecule has 7 nitrogen and oxygen atoms in total. The van der Waals surface area contributed by atoms with E-state index >= 15 is 0 Å². The standard InChI is InChI=1S/C18H17N3O4/c1-23-14-5-2-4-13(12-14)18(22)19-9-11-25-17-8-7-15(20-21-17)16-6-3-10-24-16/h2-8,10,12H,9,11H2,1H3,(H,19,22). The van der Waals surface area contributed by atoms with E-state index in [4.69, 9.17) is 13.9 Å². The smallest absolute Gasteiger partial charge is 0.251 e. The number of methoxy groups -OCH3 is 1. The van der Waals surface area contributed by atoms with Crippen LogP contribution in [0.4, 0.5) is 0 Å². The molecule has 0 bridgehead atoms. The number of rotatable bonds is 7. The van der Waals surface area contributed by atoms with Gasteiger partial charge in [-0.1, -0.05) is 6.07 Å². The molecule has 0 aliphatic heterocycles. The molecular formula is C18H17N3O4. The van der Waals surface area contributed by atoms with Crippen molar-refractivity contribution in [1.29, 1.82) is 0 Å². The third-order valence-electron chi connectivity index (χ3n) is 3.38. The van der Waals surface area contributed by atoms with Crippen molar-refractivity contribution in [2.24, 2.45) is 0 Å². The summed E-state index contributed by atoms with van der Waals surface area (Å²) in [5.74, 6) is 1.47. The molecule has 1 amide bonds. The molecule has 0 radical (unpaired) electrons. The molecule has 1 N–H and O–H groups in total. The molecule has 2 heterocycles. The Morgan fingerprint density at radius 3 is 2.80 bits per heavy atom. The Morgan fingerprint density at radius 2 is 2.08 bits per heavy atom. The van der Waals surface area contributed by atoms with E-state index in [1.165, 1.54) is 0 Å². The number of aromatic nitrogens is 2. The van der Waals surface area contributed by atoms with Gasteiger partial charge in [0.2, 0.25) is 5.88 Å². The first-order valence-corrected chi connectivity index (χ1v) is 7.69. The Morgan fingerprint density at radius 1 is 1.16 bits per heavy atom. The molecule has 0 aliphatic carbocycles. The minimum atomic E-state index is -0.193. The summed E-state index contributed by atoms with van der Waals surface area (Å²) in [6.45, 7) is 0.627. The molecule has 0 saturated heterocycles. The van der Waals surface area contributed by atoms with Gasteiger partial charge in [0.25, 0.3) is 5.91 Å². The van der Waals surface area contributed by atoms with E-state index in [0.29, 0.717) is 35.2 Å². The van der Waals surface area contributed by atoms with Crippen molar-refractivity contribution >= 4 is 5.91 Å². The van der Waals surface area contributed by atoms with Gasteiger partial charge < -0.3 is 19.2 Å². The lowest BCUT2D eigenvalue weighted by Crippen LogP contribution is -2.28. The summed E-state index contributed by atoms with van der Waals surface area (Å²) >= 11 is 0. The molecule has 0 fully saturated rings. The maximum absolute atomic E-state index is 12.0. The quantitative estimate of drug-likeness (QED) is 0.666. The zero-order valence-corrected chi connectivity index (χ0v) is 13.6. The van der Waals surface area contributed by atoms with Gasteiger partial charge in [-0.05, 0) is 36.4 Å². The molecule has 25 heavy (non-hydrogen) atoms. The Kier molecular flexibility index (Phi) is 5.26. The summed E-state index contributed by atoms with van der Waals surface area (Å²) in [5.41, 5.74) is 1.16. The average molecular weight is 339 g/mol. The predicted molar refractivity (Wildman–Crippen MR) is 90.6 cm³/mol. The molecule has 0 atom stereocenters. The number of carbonyl (C=O) groups is 1. The van der Waals surface area contributed by atoms with Gasteiger partial charge in [-0.25, -0.2) is 0 Å². The van der Waals surface area contributed by atoms with Gasteiger partial charge in [0.15, 0.2) is 5.76 Å². The molecule has 1 aromatic carbocycles. The van der Waals surface area contributed by atoms with Crippen LogP contribution in [0, 0.1) is 0 Å². The van der Waals surface area contributed by atoms with Crippen molar-refractivity contribution in [3.05, 3.63) is 60.4 Å². The SMILES string of the molecule is COc1cccc(C(=O)NCCOc2ccc(-c3ccco3)nn2)c1. The summed E-state index contributed by atoms with van der Waals surface area (Å²) in [7, 11) is 1.56. The van der Waals surface area contributed by atoms with E-state index in [1.807, 2.05) is 0 Å². The third kappa shape index (κ3) is 4.35. The van der Waals surface area contributed by atoms with Crippen LogP contribution in [0.15, 0.2) is 59.2 Å².